The van der Waals surface area contributed by atoms with Gasteiger partial charge in [-0.25, -0.2) is 4.79 Å². The van der Waals surface area contributed by atoms with E-state index in [0.29, 0.717) is 63.5 Å². The zero-order chi connectivity index (χ0) is 17.8. The van der Waals surface area contributed by atoms with Gasteiger partial charge in [-0.15, -0.1) is 0 Å². The number of hydrogen-bond acceptors (Lipinski definition) is 4. The maximum Gasteiger partial charge on any atom is 0.320 e. The molecular formula is C17H24N4O4. The van der Waals surface area contributed by atoms with Crippen molar-refractivity contribution in [3.63, 3.8) is 0 Å². The van der Waals surface area contributed by atoms with Crippen LogP contribution in [-0.2, 0) is 4.74 Å². The van der Waals surface area contributed by atoms with Gasteiger partial charge in [0.15, 0.2) is 0 Å². The molecule has 3 rings (SSSR count). The second-order valence-corrected chi connectivity index (χ2v) is 6.53. The molecule has 2 aliphatic rings. The van der Waals surface area contributed by atoms with Gasteiger partial charge in [-0.3, -0.25) is 9.59 Å². The number of pyridine rings is 1. The van der Waals surface area contributed by atoms with Crippen molar-refractivity contribution in [2.45, 2.75) is 25.8 Å². The van der Waals surface area contributed by atoms with Crippen molar-refractivity contribution in [1.82, 2.24) is 20.1 Å². The summed E-state index contributed by atoms with van der Waals surface area (Å²) >= 11 is 0. The smallest absolute Gasteiger partial charge is 0.320 e. The van der Waals surface area contributed by atoms with Crippen LogP contribution < -0.4 is 10.9 Å². The van der Waals surface area contributed by atoms with Gasteiger partial charge in [-0.2, -0.15) is 0 Å². The van der Waals surface area contributed by atoms with E-state index in [1.54, 1.807) is 13.0 Å². The van der Waals surface area contributed by atoms with Crippen LogP contribution in [0.25, 0.3) is 0 Å². The maximum atomic E-state index is 12.4. The Hall–Kier alpha value is -2.35. The molecule has 0 spiro atoms. The number of aromatic nitrogens is 1. The summed E-state index contributed by atoms with van der Waals surface area (Å²) in [5, 5.41) is 2.97. The summed E-state index contributed by atoms with van der Waals surface area (Å²) in [7, 11) is 0. The average molecular weight is 348 g/mol. The molecule has 25 heavy (non-hydrogen) atoms. The number of rotatable bonds is 2. The first kappa shape index (κ1) is 17.5. The fourth-order valence-electron chi connectivity index (χ4n) is 3.25. The third-order valence-electron chi connectivity index (χ3n) is 4.62. The summed E-state index contributed by atoms with van der Waals surface area (Å²) in [6.07, 6.45) is 1.42. The molecule has 3 amide bonds. The first-order chi connectivity index (χ1) is 12.0. The van der Waals surface area contributed by atoms with E-state index in [1.165, 1.54) is 6.07 Å². The van der Waals surface area contributed by atoms with Crippen LogP contribution in [0.5, 0.6) is 0 Å². The van der Waals surface area contributed by atoms with E-state index in [1.807, 2.05) is 9.80 Å². The second-order valence-electron chi connectivity index (χ2n) is 6.53. The lowest BCUT2D eigenvalue weighted by Gasteiger charge is -2.37. The number of nitrogens with one attached hydrogen (secondary N) is 2. The van der Waals surface area contributed by atoms with Crippen LogP contribution in [0.1, 0.15) is 28.9 Å². The first-order valence-electron chi connectivity index (χ1n) is 8.66. The summed E-state index contributed by atoms with van der Waals surface area (Å²) in [6.45, 7) is 5.44. The highest BCUT2D eigenvalue weighted by atomic mass is 16.5. The van der Waals surface area contributed by atoms with Gasteiger partial charge in [-0.1, -0.05) is 0 Å². The predicted molar refractivity (Wildman–Crippen MR) is 91.6 cm³/mol. The molecule has 3 heterocycles. The quantitative estimate of drug-likeness (QED) is 0.805. The molecule has 0 unspecified atom stereocenters. The zero-order valence-electron chi connectivity index (χ0n) is 14.4. The molecule has 2 N–H and O–H groups in total. The lowest BCUT2D eigenvalue weighted by molar-refractivity contribution is 0.0407. The summed E-state index contributed by atoms with van der Waals surface area (Å²) < 4.78 is 5.27. The minimum absolute atomic E-state index is 0.0147. The van der Waals surface area contributed by atoms with Crippen molar-refractivity contribution >= 4 is 11.9 Å². The third-order valence-corrected chi connectivity index (χ3v) is 4.62. The number of H-pyrrole nitrogens is 1. The molecule has 2 aliphatic heterocycles. The highest BCUT2D eigenvalue weighted by Gasteiger charge is 2.28. The molecule has 0 bridgehead atoms. The fraction of sp³-hybridized carbons (Fsp3) is 0.588. The standard InChI is InChI=1S/C17H24N4O4/c1-12-10-13(11-15(22)18-12)16(23)19-14-2-4-20(5-3-14)17(24)21-6-8-25-9-7-21/h10-11,14H,2-9H2,1H3,(H,18,22)(H,19,23). The number of morpholine rings is 1. The Kier molecular flexibility index (Phi) is 5.37. The number of aryl methyl sites for hydroxylation is 1. The van der Waals surface area contributed by atoms with Crippen LogP contribution in [-0.4, -0.2) is 72.2 Å². The Labute approximate surface area is 146 Å². The Balaban J connectivity index is 1.51. The molecule has 1 aromatic heterocycles. The summed E-state index contributed by atoms with van der Waals surface area (Å²) in [5.74, 6) is -0.243. The lowest BCUT2D eigenvalue weighted by Crippen LogP contribution is -2.52. The molecule has 8 nitrogen and oxygen atoms in total. The number of likely N-dealkylation sites (tertiary alicyclic amines) is 1. The van der Waals surface area contributed by atoms with Crippen molar-refractivity contribution in [3.8, 4) is 0 Å². The molecule has 136 valence electrons. The zero-order valence-corrected chi connectivity index (χ0v) is 14.4. The number of ether oxygens (including phenoxy) is 1. The van der Waals surface area contributed by atoms with E-state index >= 15 is 0 Å². The van der Waals surface area contributed by atoms with Gasteiger partial charge in [0.25, 0.3) is 5.91 Å². The van der Waals surface area contributed by atoms with Crippen LogP contribution in [0, 0.1) is 6.92 Å². The van der Waals surface area contributed by atoms with E-state index in [2.05, 4.69) is 10.3 Å². The molecular weight excluding hydrogens is 324 g/mol. The van der Waals surface area contributed by atoms with Crippen LogP contribution in [0.15, 0.2) is 16.9 Å². The fourth-order valence-corrected chi connectivity index (χ4v) is 3.25. The minimum Gasteiger partial charge on any atom is -0.378 e. The van der Waals surface area contributed by atoms with Crippen LogP contribution >= 0.6 is 0 Å². The maximum absolute atomic E-state index is 12.4. The van der Waals surface area contributed by atoms with Crippen LogP contribution in [0.2, 0.25) is 0 Å². The van der Waals surface area contributed by atoms with E-state index in [-0.39, 0.29) is 23.5 Å². The Morgan fingerprint density at radius 1 is 1.12 bits per heavy atom. The molecule has 2 fully saturated rings. The van der Waals surface area contributed by atoms with Crippen LogP contribution in [0.3, 0.4) is 0 Å². The van der Waals surface area contributed by atoms with Gasteiger partial charge in [0.1, 0.15) is 0 Å². The van der Waals surface area contributed by atoms with E-state index < -0.39 is 0 Å². The predicted octanol–water partition coefficient (Wildman–Crippen LogP) is 0.330. The van der Waals surface area contributed by atoms with Gasteiger partial charge >= 0.3 is 6.03 Å². The van der Waals surface area contributed by atoms with Crippen molar-refractivity contribution in [1.29, 1.82) is 0 Å². The normalized spacial score (nSPS) is 18.9. The van der Waals surface area contributed by atoms with Crippen molar-refractivity contribution in [2.24, 2.45) is 0 Å². The average Bonchev–Trinajstić information content (AvgIpc) is 2.61. The monoisotopic (exact) mass is 348 g/mol. The van der Waals surface area contributed by atoms with Gasteiger partial charge in [0.2, 0.25) is 5.56 Å². The van der Waals surface area contributed by atoms with E-state index in [9.17, 15) is 14.4 Å². The van der Waals surface area contributed by atoms with Gasteiger partial charge < -0.3 is 24.8 Å². The molecule has 0 atom stereocenters. The molecule has 0 saturated carbocycles. The number of amides is 3. The molecule has 8 heteroatoms. The molecule has 0 aliphatic carbocycles. The van der Waals surface area contributed by atoms with Crippen molar-refractivity contribution < 1.29 is 14.3 Å². The Morgan fingerprint density at radius 3 is 2.40 bits per heavy atom. The van der Waals surface area contributed by atoms with Crippen molar-refractivity contribution in [3.05, 3.63) is 33.7 Å². The summed E-state index contributed by atoms with van der Waals surface area (Å²) in [4.78, 5) is 42.5. The number of urea groups is 1. The largest absolute Gasteiger partial charge is 0.378 e. The number of hydrogen-bond donors (Lipinski definition) is 2. The minimum atomic E-state index is -0.281. The van der Waals surface area contributed by atoms with E-state index in [4.69, 9.17) is 4.74 Å². The van der Waals surface area contributed by atoms with Gasteiger partial charge in [-0.05, 0) is 25.8 Å². The molecule has 2 saturated heterocycles. The number of nitrogens with zero attached hydrogens (tertiary/aromatic N) is 2. The SMILES string of the molecule is Cc1cc(C(=O)NC2CCN(C(=O)N3CCOCC3)CC2)cc(=O)[nH]1. The summed E-state index contributed by atoms with van der Waals surface area (Å²) in [5.41, 5.74) is 0.743. The number of carbonyl (C=O) groups excluding carboxylic acids is 2. The lowest BCUT2D eigenvalue weighted by atomic mass is 10.0. The molecule has 0 aromatic carbocycles. The highest BCUT2D eigenvalue weighted by molar-refractivity contribution is 5.94. The van der Waals surface area contributed by atoms with E-state index in [0.717, 1.165) is 0 Å². The number of aromatic amines is 1. The topological polar surface area (TPSA) is 94.7 Å². The number of carbonyl (C=O) groups is 2. The summed E-state index contributed by atoms with van der Waals surface area (Å²) in [6, 6.07) is 3.03. The van der Waals surface area contributed by atoms with Gasteiger partial charge in [0.05, 0.1) is 13.2 Å². The first-order valence-corrected chi connectivity index (χ1v) is 8.66. The third kappa shape index (κ3) is 4.39. The molecule has 1 aromatic rings. The van der Waals surface area contributed by atoms with Crippen molar-refractivity contribution in [2.75, 3.05) is 39.4 Å². The Bertz CT molecular complexity index is 688. The highest BCUT2D eigenvalue weighted by Crippen LogP contribution is 2.14. The Morgan fingerprint density at radius 2 is 1.76 bits per heavy atom. The van der Waals surface area contributed by atoms with Gasteiger partial charge in [0, 0.05) is 49.5 Å². The second kappa shape index (κ2) is 7.69. The number of piperidine rings is 1. The molecule has 0 radical (unpaired) electrons. The van der Waals surface area contributed by atoms with Crippen LogP contribution in [0.4, 0.5) is 4.79 Å².